The van der Waals surface area contributed by atoms with Crippen LogP contribution in [-0.4, -0.2) is 28.5 Å². The molecule has 108 valence electrons. The summed E-state index contributed by atoms with van der Waals surface area (Å²) in [5, 5.41) is 11.3. The van der Waals surface area contributed by atoms with E-state index in [1.165, 1.54) is 24.4 Å². The molecular formula is C15H13FN2O3. The Balaban J connectivity index is 1.90. The maximum Gasteiger partial charge on any atom is 0.354 e. The number of hydrogen-bond donors (Lipinski definition) is 2. The smallest absolute Gasteiger partial charge is 0.354 e. The van der Waals surface area contributed by atoms with Crippen LogP contribution in [0.1, 0.15) is 26.4 Å². The highest BCUT2D eigenvalue weighted by molar-refractivity contribution is 5.94. The summed E-state index contributed by atoms with van der Waals surface area (Å²) in [7, 11) is 0. The lowest BCUT2D eigenvalue weighted by Gasteiger charge is -2.06. The van der Waals surface area contributed by atoms with Crippen LogP contribution in [0.4, 0.5) is 4.39 Å². The summed E-state index contributed by atoms with van der Waals surface area (Å²) < 4.78 is 13.4. The minimum absolute atomic E-state index is 0.127. The van der Waals surface area contributed by atoms with Gasteiger partial charge in [0.05, 0.1) is 5.56 Å². The highest BCUT2D eigenvalue weighted by Gasteiger charge is 2.09. The molecule has 0 aliphatic heterocycles. The van der Waals surface area contributed by atoms with Gasteiger partial charge in [0.1, 0.15) is 11.5 Å². The highest BCUT2D eigenvalue weighted by Crippen LogP contribution is 2.06. The Bertz CT molecular complexity index is 656. The van der Waals surface area contributed by atoms with Gasteiger partial charge in [-0.25, -0.2) is 14.2 Å². The molecule has 0 saturated heterocycles. The fraction of sp³-hybridized carbons (Fsp3) is 0.133. The first-order valence-corrected chi connectivity index (χ1v) is 6.29. The quantitative estimate of drug-likeness (QED) is 0.880. The van der Waals surface area contributed by atoms with Crippen molar-refractivity contribution in [1.29, 1.82) is 0 Å². The Morgan fingerprint density at radius 2 is 1.95 bits per heavy atom. The second kappa shape index (κ2) is 6.60. The Labute approximate surface area is 120 Å². The fourth-order valence-corrected chi connectivity index (χ4v) is 1.77. The Hall–Kier alpha value is -2.76. The van der Waals surface area contributed by atoms with Crippen LogP contribution in [0.25, 0.3) is 0 Å². The molecule has 1 heterocycles. The minimum Gasteiger partial charge on any atom is -0.477 e. The standard InChI is InChI=1S/C15H13FN2O3/c16-12-4-2-1-3-10(12)7-8-17-14(19)11-5-6-13(15(20)21)18-9-11/h1-6,9H,7-8H2,(H,17,19)(H,20,21). The molecule has 1 aromatic heterocycles. The zero-order valence-electron chi connectivity index (χ0n) is 11.0. The molecule has 0 aliphatic carbocycles. The molecule has 2 aromatic rings. The van der Waals surface area contributed by atoms with Gasteiger partial charge in [-0.3, -0.25) is 4.79 Å². The van der Waals surface area contributed by atoms with Gasteiger partial charge in [-0.1, -0.05) is 18.2 Å². The van der Waals surface area contributed by atoms with E-state index in [1.54, 1.807) is 18.2 Å². The molecule has 0 aliphatic rings. The summed E-state index contributed by atoms with van der Waals surface area (Å²) in [4.78, 5) is 26.1. The van der Waals surface area contributed by atoms with Crippen molar-refractivity contribution in [1.82, 2.24) is 10.3 Å². The first-order valence-electron chi connectivity index (χ1n) is 6.29. The molecular weight excluding hydrogens is 275 g/mol. The number of halogens is 1. The van der Waals surface area contributed by atoms with E-state index >= 15 is 0 Å². The summed E-state index contributed by atoms with van der Waals surface area (Å²) in [5.74, 6) is -1.84. The fourth-order valence-electron chi connectivity index (χ4n) is 1.77. The van der Waals surface area contributed by atoms with Crippen LogP contribution < -0.4 is 5.32 Å². The predicted octanol–water partition coefficient (Wildman–Crippen LogP) is 1.89. The molecule has 1 aromatic carbocycles. The summed E-state index contributed by atoms with van der Waals surface area (Å²) in [6.45, 7) is 0.278. The first kappa shape index (κ1) is 14.6. The minimum atomic E-state index is -1.15. The summed E-state index contributed by atoms with van der Waals surface area (Å²) >= 11 is 0. The van der Waals surface area contributed by atoms with E-state index in [9.17, 15) is 14.0 Å². The van der Waals surface area contributed by atoms with Gasteiger partial charge >= 0.3 is 5.97 Å². The van der Waals surface area contributed by atoms with Gasteiger partial charge in [-0.2, -0.15) is 0 Å². The number of nitrogens with one attached hydrogen (secondary N) is 1. The number of aromatic nitrogens is 1. The molecule has 0 atom stereocenters. The lowest BCUT2D eigenvalue weighted by Crippen LogP contribution is -2.26. The van der Waals surface area contributed by atoms with Crippen LogP contribution in [-0.2, 0) is 6.42 Å². The molecule has 0 unspecified atom stereocenters. The number of pyridine rings is 1. The predicted molar refractivity (Wildman–Crippen MR) is 73.6 cm³/mol. The van der Waals surface area contributed by atoms with E-state index in [0.29, 0.717) is 12.0 Å². The molecule has 0 spiro atoms. The SMILES string of the molecule is O=C(NCCc1ccccc1F)c1ccc(C(=O)O)nc1. The lowest BCUT2D eigenvalue weighted by molar-refractivity contribution is 0.0689. The number of carbonyl (C=O) groups is 2. The Morgan fingerprint density at radius 3 is 2.57 bits per heavy atom. The Kier molecular flexibility index (Phi) is 4.61. The van der Waals surface area contributed by atoms with Crippen molar-refractivity contribution in [3.05, 3.63) is 65.2 Å². The van der Waals surface area contributed by atoms with Gasteiger partial charge in [0.25, 0.3) is 5.91 Å². The molecule has 1 amide bonds. The number of aromatic carboxylic acids is 1. The number of amides is 1. The third-order valence-electron chi connectivity index (χ3n) is 2.88. The van der Waals surface area contributed by atoms with Crippen LogP contribution in [0, 0.1) is 5.82 Å². The number of carboxylic acid groups (broad SMARTS) is 1. The van der Waals surface area contributed by atoms with Crippen molar-refractivity contribution in [2.45, 2.75) is 6.42 Å². The zero-order chi connectivity index (χ0) is 15.2. The van der Waals surface area contributed by atoms with E-state index in [1.807, 2.05) is 0 Å². The Morgan fingerprint density at radius 1 is 1.19 bits per heavy atom. The average molecular weight is 288 g/mol. The number of carbonyl (C=O) groups excluding carboxylic acids is 1. The first-order chi connectivity index (χ1) is 10.1. The summed E-state index contributed by atoms with van der Waals surface area (Å²) in [6, 6.07) is 9.00. The van der Waals surface area contributed by atoms with E-state index in [-0.39, 0.29) is 29.5 Å². The van der Waals surface area contributed by atoms with Crippen LogP contribution in [0.15, 0.2) is 42.6 Å². The summed E-state index contributed by atoms with van der Waals surface area (Å²) in [5.41, 5.74) is 0.656. The van der Waals surface area contributed by atoms with E-state index in [4.69, 9.17) is 5.11 Å². The van der Waals surface area contributed by atoms with Crippen molar-refractivity contribution in [2.75, 3.05) is 6.54 Å². The molecule has 2 rings (SSSR count). The van der Waals surface area contributed by atoms with Gasteiger partial charge in [-0.15, -0.1) is 0 Å². The van der Waals surface area contributed by atoms with Gasteiger partial charge in [0.2, 0.25) is 0 Å². The molecule has 0 bridgehead atoms. The number of nitrogens with zero attached hydrogens (tertiary/aromatic N) is 1. The monoisotopic (exact) mass is 288 g/mol. The lowest BCUT2D eigenvalue weighted by atomic mass is 10.1. The molecule has 0 radical (unpaired) electrons. The van der Waals surface area contributed by atoms with Crippen LogP contribution >= 0.6 is 0 Å². The van der Waals surface area contributed by atoms with Crippen LogP contribution in [0.5, 0.6) is 0 Å². The third kappa shape index (κ3) is 3.85. The van der Waals surface area contributed by atoms with Crippen molar-refractivity contribution in [3.63, 3.8) is 0 Å². The van der Waals surface area contributed by atoms with E-state index in [0.717, 1.165) is 0 Å². The molecule has 0 saturated carbocycles. The normalized spacial score (nSPS) is 10.1. The maximum absolute atomic E-state index is 13.4. The molecule has 21 heavy (non-hydrogen) atoms. The topological polar surface area (TPSA) is 79.3 Å². The van der Waals surface area contributed by atoms with Crippen molar-refractivity contribution in [2.24, 2.45) is 0 Å². The molecule has 0 fully saturated rings. The number of rotatable bonds is 5. The highest BCUT2D eigenvalue weighted by atomic mass is 19.1. The average Bonchev–Trinajstić information content (AvgIpc) is 2.49. The van der Waals surface area contributed by atoms with E-state index < -0.39 is 5.97 Å². The van der Waals surface area contributed by atoms with E-state index in [2.05, 4.69) is 10.3 Å². The van der Waals surface area contributed by atoms with Crippen molar-refractivity contribution in [3.8, 4) is 0 Å². The van der Waals surface area contributed by atoms with Crippen molar-refractivity contribution >= 4 is 11.9 Å². The van der Waals surface area contributed by atoms with Gasteiger partial charge in [0.15, 0.2) is 0 Å². The molecule has 5 nitrogen and oxygen atoms in total. The van der Waals surface area contributed by atoms with Gasteiger partial charge < -0.3 is 10.4 Å². The second-order valence-corrected chi connectivity index (χ2v) is 4.33. The molecule has 6 heteroatoms. The van der Waals surface area contributed by atoms with Gasteiger partial charge in [0, 0.05) is 12.7 Å². The third-order valence-corrected chi connectivity index (χ3v) is 2.88. The van der Waals surface area contributed by atoms with Crippen LogP contribution in [0.2, 0.25) is 0 Å². The maximum atomic E-state index is 13.4. The number of carboxylic acids is 1. The van der Waals surface area contributed by atoms with Crippen LogP contribution in [0.3, 0.4) is 0 Å². The molecule has 2 N–H and O–H groups in total. The summed E-state index contributed by atoms with van der Waals surface area (Å²) in [6.07, 6.45) is 1.57. The second-order valence-electron chi connectivity index (χ2n) is 4.33. The number of benzene rings is 1. The number of hydrogen-bond acceptors (Lipinski definition) is 3. The largest absolute Gasteiger partial charge is 0.477 e. The van der Waals surface area contributed by atoms with Crippen molar-refractivity contribution < 1.29 is 19.1 Å². The van der Waals surface area contributed by atoms with Gasteiger partial charge in [-0.05, 0) is 30.2 Å². The zero-order valence-corrected chi connectivity index (χ0v) is 11.0.